The number of carbonyl (C=O) groups is 1. The van der Waals surface area contributed by atoms with Gasteiger partial charge >= 0.3 is 0 Å². The summed E-state index contributed by atoms with van der Waals surface area (Å²) >= 11 is 7.81. The molecule has 0 saturated carbocycles. The van der Waals surface area contributed by atoms with Gasteiger partial charge in [0.05, 0.1) is 16.7 Å². The number of aromatic nitrogens is 1. The Labute approximate surface area is 194 Å². The van der Waals surface area contributed by atoms with Gasteiger partial charge in [-0.15, -0.1) is 0 Å². The van der Waals surface area contributed by atoms with Crippen LogP contribution in [0.5, 0.6) is 0 Å². The summed E-state index contributed by atoms with van der Waals surface area (Å²) in [6, 6.07) is 20.5. The molecule has 160 valence electrons. The van der Waals surface area contributed by atoms with Crippen LogP contribution in [-0.4, -0.2) is 32.8 Å². The molecule has 7 heteroatoms. The third-order valence-electron chi connectivity index (χ3n) is 5.71. The number of amidine groups is 1. The first-order valence-electron chi connectivity index (χ1n) is 10.3. The molecule has 4 aromatic rings. The van der Waals surface area contributed by atoms with Crippen molar-refractivity contribution in [2.75, 3.05) is 12.3 Å². The van der Waals surface area contributed by atoms with Crippen LogP contribution in [0.3, 0.4) is 0 Å². The fourth-order valence-corrected chi connectivity index (χ4v) is 5.15. The average molecular weight is 462 g/mol. The lowest BCUT2D eigenvalue weighted by atomic mass is 10.1. The molecule has 32 heavy (non-hydrogen) atoms. The molecule has 0 unspecified atom stereocenters. The van der Waals surface area contributed by atoms with Gasteiger partial charge in [0.15, 0.2) is 10.6 Å². The second-order valence-electron chi connectivity index (χ2n) is 7.62. The highest BCUT2D eigenvalue weighted by atomic mass is 35.5. The minimum Gasteiger partial charge on any atom is -0.331 e. The summed E-state index contributed by atoms with van der Waals surface area (Å²) in [7, 11) is 0. The number of carbonyl (C=O) groups excluding carboxylic acids is 1. The number of thioether (sulfide) groups is 1. The largest absolute Gasteiger partial charge is 0.331 e. The van der Waals surface area contributed by atoms with Gasteiger partial charge < -0.3 is 4.57 Å². The molecule has 2 heterocycles. The van der Waals surface area contributed by atoms with Crippen molar-refractivity contribution >= 4 is 61.9 Å². The van der Waals surface area contributed by atoms with E-state index >= 15 is 0 Å². The van der Waals surface area contributed by atoms with Crippen molar-refractivity contribution in [1.29, 1.82) is 0 Å². The van der Waals surface area contributed by atoms with Crippen molar-refractivity contribution in [3.05, 3.63) is 87.5 Å². The van der Waals surface area contributed by atoms with Crippen LogP contribution in [-0.2, 0) is 11.3 Å². The highest BCUT2D eigenvalue weighted by molar-refractivity contribution is 8.14. The fraction of sp³-hybridized carbons (Fsp3) is 0.160. The maximum Gasteiger partial charge on any atom is 0.248 e. The Hall–Kier alpha value is -3.09. The summed E-state index contributed by atoms with van der Waals surface area (Å²) in [5, 5.41) is 2.55. The zero-order chi connectivity index (χ0) is 22.2. The number of benzene rings is 3. The summed E-state index contributed by atoms with van der Waals surface area (Å²) in [6.45, 7) is 2.64. The van der Waals surface area contributed by atoms with E-state index in [1.807, 2.05) is 78.2 Å². The number of hydrogen-bond acceptors (Lipinski definition) is 4. The van der Waals surface area contributed by atoms with Gasteiger partial charge in [-0.3, -0.25) is 14.5 Å². The van der Waals surface area contributed by atoms with Gasteiger partial charge in [-0.1, -0.05) is 53.7 Å². The predicted octanol–water partition coefficient (Wildman–Crippen LogP) is 5.38. The number of hydrogen-bond donors (Lipinski definition) is 0. The van der Waals surface area contributed by atoms with E-state index in [2.05, 4.69) is 0 Å². The summed E-state index contributed by atoms with van der Waals surface area (Å²) in [5.41, 5.74) is 3.13. The molecule has 0 atom stereocenters. The molecule has 0 N–H and O–H groups in total. The van der Waals surface area contributed by atoms with Crippen LogP contribution < -0.4 is 5.43 Å². The Balaban J connectivity index is 1.56. The number of nitrogens with zero attached hydrogens (tertiary/aromatic N) is 3. The average Bonchev–Trinajstić information content (AvgIpc) is 3.28. The summed E-state index contributed by atoms with van der Waals surface area (Å²) in [6.07, 6.45) is 0. The van der Waals surface area contributed by atoms with Crippen LogP contribution in [0.25, 0.3) is 21.8 Å². The summed E-state index contributed by atoms with van der Waals surface area (Å²) in [4.78, 5) is 32.9. The number of fused-ring (bicyclic) bond motifs is 2. The van der Waals surface area contributed by atoms with E-state index in [0.29, 0.717) is 27.5 Å². The normalized spacial score (nSPS) is 15.2. The first-order valence-corrected chi connectivity index (χ1v) is 11.7. The molecule has 3 aromatic carbocycles. The summed E-state index contributed by atoms with van der Waals surface area (Å²) < 4.78 is 1.93. The van der Waals surface area contributed by atoms with Crippen LogP contribution in [0.2, 0.25) is 5.02 Å². The minimum atomic E-state index is -0.0626. The minimum absolute atomic E-state index is 0.0182. The lowest BCUT2D eigenvalue weighted by Crippen LogP contribution is -2.35. The Morgan fingerprint density at radius 2 is 1.66 bits per heavy atom. The third-order valence-corrected chi connectivity index (χ3v) is 7.07. The maximum absolute atomic E-state index is 13.4. The standard InChI is InChI=1S/C25H20ClN3O2S/c1-16-19(26)9-6-10-20(16)27-25-28(13-14-32-25)23(30)15-29-21-11-4-2-7-17(21)24(31)18-8-3-5-12-22(18)29/h2-12H,13-15H2,1H3. The molecule has 0 spiro atoms. The monoisotopic (exact) mass is 461 g/mol. The zero-order valence-electron chi connectivity index (χ0n) is 17.4. The lowest BCUT2D eigenvalue weighted by molar-refractivity contribution is -0.127. The number of halogens is 1. The van der Waals surface area contributed by atoms with Gasteiger partial charge in [-0.2, -0.15) is 0 Å². The quantitative estimate of drug-likeness (QED) is 0.385. The van der Waals surface area contributed by atoms with Crippen molar-refractivity contribution in [3.63, 3.8) is 0 Å². The van der Waals surface area contributed by atoms with Crippen LogP contribution in [0.15, 0.2) is 76.5 Å². The van der Waals surface area contributed by atoms with Crippen molar-refractivity contribution in [2.45, 2.75) is 13.5 Å². The molecule has 1 aliphatic rings. The topological polar surface area (TPSA) is 54.7 Å². The molecule has 0 radical (unpaired) electrons. The SMILES string of the molecule is Cc1c(Cl)cccc1N=C1SCCN1C(=O)Cn1c2ccccc2c(=O)c2ccccc21. The first kappa shape index (κ1) is 20.8. The van der Waals surface area contributed by atoms with E-state index in [1.165, 1.54) is 0 Å². The van der Waals surface area contributed by atoms with Gasteiger partial charge in [-0.25, -0.2) is 4.99 Å². The molecule has 1 saturated heterocycles. The summed E-state index contributed by atoms with van der Waals surface area (Å²) in [5.74, 6) is 0.725. The van der Waals surface area contributed by atoms with E-state index in [-0.39, 0.29) is 17.9 Å². The van der Waals surface area contributed by atoms with Gasteiger partial charge in [0.2, 0.25) is 5.91 Å². The Morgan fingerprint density at radius 3 is 2.34 bits per heavy atom. The van der Waals surface area contributed by atoms with E-state index in [1.54, 1.807) is 16.7 Å². The lowest BCUT2D eigenvalue weighted by Gasteiger charge is -2.20. The Bertz CT molecular complexity index is 1400. The van der Waals surface area contributed by atoms with E-state index in [9.17, 15) is 9.59 Å². The number of para-hydroxylation sites is 2. The van der Waals surface area contributed by atoms with Gasteiger partial charge in [0.25, 0.3) is 0 Å². The van der Waals surface area contributed by atoms with Crippen LogP contribution in [0.4, 0.5) is 5.69 Å². The number of aliphatic imine (C=N–C) groups is 1. The third kappa shape index (κ3) is 3.59. The first-order chi connectivity index (χ1) is 15.5. The van der Waals surface area contributed by atoms with E-state index in [0.717, 1.165) is 28.0 Å². The molecule has 1 aliphatic heterocycles. The maximum atomic E-state index is 13.4. The van der Waals surface area contributed by atoms with Gasteiger partial charge in [0.1, 0.15) is 6.54 Å². The van der Waals surface area contributed by atoms with Crippen molar-refractivity contribution in [1.82, 2.24) is 9.47 Å². The number of amides is 1. The molecular weight excluding hydrogens is 442 g/mol. The molecule has 1 amide bonds. The highest BCUT2D eigenvalue weighted by Gasteiger charge is 2.27. The van der Waals surface area contributed by atoms with Crippen LogP contribution >= 0.6 is 23.4 Å². The van der Waals surface area contributed by atoms with E-state index < -0.39 is 0 Å². The van der Waals surface area contributed by atoms with Crippen LogP contribution in [0, 0.1) is 6.92 Å². The molecule has 5 nitrogen and oxygen atoms in total. The highest BCUT2D eigenvalue weighted by Crippen LogP contribution is 2.29. The molecule has 0 bridgehead atoms. The molecule has 5 rings (SSSR count). The Morgan fingerprint density at radius 1 is 1.00 bits per heavy atom. The molecule has 1 aromatic heterocycles. The zero-order valence-corrected chi connectivity index (χ0v) is 19.0. The molecule has 0 aliphatic carbocycles. The van der Waals surface area contributed by atoms with Crippen molar-refractivity contribution in [3.8, 4) is 0 Å². The van der Waals surface area contributed by atoms with Gasteiger partial charge in [0, 0.05) is 28.1 Å². The number of rotatable bonds is 3. The van der Waals surface area contributed by atoms with Crippen molar-refractivity contribution in [2.24, 2.45) is 4.99 Å². The van der Waals surface area contributed by atoms with Crippen molar-refractivity contribution < 1.29 is 4.79 Å². The fourth-order valence-electron chi connectivity index (χ4n) is 4.01. The predicted molar refractivity (Wildman–Crippen MR) is 133 cm³/mol. The molecule has 1 fully saturated rings. The van der Waals surface area contributed by atoms with Crippen LogP contribution in [0.1, 0.15) is 5.56 Å². The van der Waals surface area contributed by atoms with E-state index in [4.69, 9.17) is 16.6 Å². The smallest absolute Gasteiger partial charge is 0.248 e. The second-order valence-corrected chi connectivity index (χ2v) is 9.09. The molecular formula is C25H20ClN3O2S. The Kier molecular flexibility index (Phi) is 5.49. The number of pyridine rings is 1. The second kappa shape index (κ2) is 8.45. The van der Waals surface area contributed by atoms with Gasteiger partial charge in [-0.05, 0) is 48.9 Å².